The molecule has 3 rings (SSSR count). The highest BCUT2D eigenvalue weighted by molar-refractivity contribution is 8.01. The van der Waals surface area contributed by atoms with Crippen molar-refractivity contribution in [2.45, 2.75) is 24.1 Å². The third-order valence-electron chi connectivity index (χ3n) is 4.58. The van der Waals surface area contributed by atoms with E-state index < -0.39 is 16.5 Å². The van der Waals surface area contributed by atoms with E-state index in [1.807, 2.05) is 0 Å². The molecule has 0 spiro atoms. The molecule has 3 aromatic rings. The molecule has 0 unspecified atom stereocenters. The number of carbonyl (C=O) groups is 2. The average Bonchev–Trinajstić information content (AvgIpc) is 2.73. The fourth-order valence-electron chi connectivity index (χ4n) is 2.95. The van der Waals surface area contributed by atoms with Gasteiger partial charge in [0.1, 0.15) is 21.4 Å². The lowest BCUT2D eigenvalue weighted by molar-refractivity contribution is -0.123. The van der Waals surface area contributed by atoms with E-state index in [4.69, 9.17) is 4.74 Å². The molecule has 2 aromatic heterocycles. The molecule has 0 N–H and O–H groups in total. The van der Waals surface area contributed by atoms with Gasteiger partial charge in [-0.15, -0.1) is 0 Å². The summed E-state index contributed by atoms with van der Waals surface area (Å²) < 4.78 is 7.34. The SMILES string of the molecule is COc1ccc(-c2nc(SC(C(C)=O)C(C)=O)c3c(=O)n(C)c(=O)n(C)c3n2)cc1. The summed E-state index contributed by atoms with van der Waals surface area (Å²) >= 11 is 0.885. The Hall–Kier alpha value is -3.27. The molecule has 156 valence electrons. The number of aromatic nitrogens is 4. The predicted molar refractivity (Wildman–Crippen MR) is 113 cm³/mol. The number of ketones is 2. The number of hydrogen-bond acceptors (Lipinski definition) is 8. The van der Waals surface area contributed by atoms with Crippen LogP contribution >= 0.6 is 11.8 Å². The zero-order chi connectivity index (χ0) is 22.2. The number of Topliss-reactive ketones (excluding diaryl/α,β-unsaturated/α-hetero) is 2. The van der Waals surface area contributed by atoms with Gasteiger partial charge in [0.05, 0.1) is 7.11 Å². The number of methoxy groups -OCH3 is 1. The van der Waals surface area contributed by atoms with Crippen LogP contribution in [0.1, 0.15) is 13.8 Å². The lowest BCUT2D eigenvalue weighted by Gasteiger charge is -2.14. The molecule has 1 aromatic carbocycles. The second kappa shape index (κ2) is 8.23. The second-order valence-corrected chi connectivity index (χ2v) is 7.80. The number of aryl methyl sites for hydroxylation is 1. The van der Waals surface area contributed by atoms with Crippen LogP contribution in [0.3, 0.4) is 0 Å². The van der Waals surface area contributed by atoms with Gasteiger partial charge in [-0.1, -0.05) is 11.8 Å². The lowest BCUT2D eigenvalue weighted by Crippen LogP contribution is -2.38. The van der Waals surface area contributed by atoms with Crippen molar-refractivity contribution < 1.29 is 14.3 Å². The fourth-order valence-corrected chi connectivity index (χ4v) is 3.94. The van der Waals surface area contributed by atoms with E-state index in [9.17, 15) is 19.2 Å². The number of hydrogen-bond donors (Lipinski definition) is 0. The summed E-state index contributed by atoms with van der Waals surface area (Å²) in [5, 5.41) is -0.777. The van der Waals surface area contributed by atoms with Crippen molar-refractivity contribution in [3.63, 3.8) is 0 Å². The number of nitrogens with zero attached hydrogens (tertiary/aromatic N) is 4. The minimum Gasteiger partial charge on any atom is -0.497 e. The Morgan fingerprint density at radius 3 is 2.13 bits per heavy atom. The largest absolute Gasteiger partial charge is 0.497 e. The molecule has 0 bridgehead atoms. The number of carbonyl (C=O) groups excluding carboxylic acids is 2. The van der Waals surface area contributed by atoms with Gasteiger partial charge in [-0.3, -0.25) is 23.5 Å². The fraction of sp³-hybridized carbons (Fsp3) is 0.300. The Bertz CT molecular complexity index is 1260. The molecule has 30 heavy (non-hydrogen) atoms. The van der Waals surface area contributed by atoms with Gasteiger partial charge in [-0.2, -0.15) is 0 Å². The minimum atomic E-state index is -1.02. The van der Waals surface area contributed by atoms with E-state index in [-0.39, 0.29) is 33.5 Å². The van der Waals surface area contributed by atoms with Crippen molar-refractivity contribution in [3.8, 4) is 17.1 Å². The van der Waals surface area contributed by atoms with Crippen LogP contribution in [0.5, 0.6) is 5.75 Å². The third kappa shape index (κ3) is 3.78. The summed E-state index contributed by atoms with van der Waals surface area (Å²) in [7, 11) is 4.39. The monoisotopic (exact) mass is 428 g/mol. The Balaban J connectivity index is 2.35. The minimum absolute atomic E-state index is 0.0781. The van der Waals surface area contributed by atoms with Gasteiger partial charge in [0.25, 0.3) is 5.56 Å². The van der Waals surface area contributed by atoms with E-state index in [0.717, 1.165) is 16.3 Å². The van der Waals surface area contributed by atoms with Gasteiger partial charge < -0.3 is 4.74 Å². The smallest absolute Gasteiger partial charge is 0.332 e. The standard InChI is InChI=1S/C20H20N4O5S/c1-10(25)15(11(2)26)30-18-14-17(23(3)20(28)24(4)19(14)27)21-16(22-18)12-6-8-13(29-5)9-7-12/h6-9,15H,1-5H3. The topological polar surface area (TPSA) is 113 Å². The van der Waals surface area contributed by atoms with Crippen LogP contribution in [0.15, 0.2) is 38.9 Å². The summed E-state index contributed by atoms with van der Waals surface area (Å²) in [6, 6.07) is 6.93. The highest BCUT2D eigenvalue weighted by Crippen LogP contribution is 2.30. The van der Waals surface area contributed by atoms with Crippen LogP contribution in [0.25, 0.3) is 22.4 Å². The normalized spacial score (nSPS) is 11.1. The molecular formula is C20H20N4O5S. The molecule has 0 amide bonds. The molecule has 0 saturated heterocycles. The molecule has 0 aliphatic rings. The molecule has 0 saturated carbocycles. The summed E-state index contributed by atoms with van der Waals surface area (Å²) in [4.78, 5) is 58.2. The van der Waals surface area contributed by atoms with Crippen molar-refractivity contribution in [2.24, 2.45) is 14.1 Å². The van der Waals surface area contributed by atoms with Crippen LogP contribution in [-0.2, 0) is 23.7 Å². The van der Waals surface area contributed by atoms with Crippen molar-refractivity contribution in [2.75, 3.05) is 7.11 Å². The predicted octanol–water partition coefficient (Wildman–Crippen LogP) is 1.34. The maximum absolute atomic E-state index is 12.8. The Morgan fingerprint density at radius 2 is 1.60 bits per heavy atom. The van der Waals surface area contributed by atoms with Crippen LogP contribution in [0, 0.1) is 0 Å². The third-order valence-corrected chi connectivity index (χ3v) is 6.00. The molecule has 0 aliphatic heterocycles. The van der Waals surface area contributed by atoms with Gasteiger partial charge in [-0.05, 0) is 38.1 Å². The molecule has 9 nitrogen and oxygen atoms in total. The first-order chi connectivity index (χ1) is 14.1. The Morgan fingerprint density at radius 1 is 1.00 bits per heavy atom. The lowest BCUT2D eigenvalue weighted by atomic mass is 10.2. The molecule has 0 aliphatic carbocycles. The highest BCUT2D eigenvalue weighted by atomic mass is 32.2. The maximum Gasteiger partial charge on any atom is 0.332 e. The number of benzene rings is 1. The van der Waals surface area contributed by atoms with Gasteiger partial charge >= 0.3 is 5.69 Å². The van der Waals surface area contributed by atoms with Gasteiger partial charge in [-0.25, -0.2) is 14.8 Å². The van der Waals surface area contributed by atoms with E-state index in [1.54, 1.807) is 31.4 Å². The molecule has 0 radical (unpaired) electrons. The van der Waals surface area contributed by atoms with E-state index >= 15 is 0 Å². The van der Waals surface area contributed by atoms with E-state index in [2.05, 4.69) is 9.97 Å². The molecule has 0 atom stereocenters. The number of fused-ring (bicyclic) bond motifs is 1. The van der Waals surface area contributed by atoms with Crippen LogP contribution < -0.4 is 16.0 Å². The zero-order valence-corrected chi connectivity index (χ0v) is 17.9. The summed E-state index contributed by atoms with van der Waals surface area (Å²) in [5.41, 5.74) is -0.396. The zero-order valence-electron chi connectivity index (χ0n) is 17.1. The first-order valence-corrected chi connectivity index (χ1v) is 9.83. The van der Waals surface area contributed by atoms with Crippen LogP contribution in [0.2, 0.25) is 0 Å². The first-order valence-electron chi connectivity index (χ1n) is 8.95. The summed E-state index contributed by atoms with van der Waals surface area (Å²) in [5.74, 6) is 0.184. The van der Waals surface area contributed by atoms with Crippen molar-refractivity contribution in [3.05, 3.63) is 45.1 Å². The highest BCUT2D eigenvalue weighted by Gasteiger charge is 2.26. The van der Waals surface area contributed by atoms with Crippen molar-refractivity contribution >= 4 is 34.4 Å². The second-order valence-electron chi connectivity index (χ2n) is 6.70. The molecule has 0 fully saturated rings. The van der Waals surface area contributed by atoms with Crippen molar-refractivity contribution in [1.29, 1.82) is 0 Å². The van der Waals surface area contributed by atoms with Crippen LogP contribution in [0.4, 0.5) is 0 Å². The van der Waals surface area contributed by atoms with Crippen LogP contribution in [-0.4, -0.2) is 43.0 Å². The molecule has 2 heterocycles. The Labute approximate surface area is 175 Å². The molecular weight excluding hydrogens is 408 g/mol. The number of rotatable bonds is 6. The Kier molecular flexibility index (Phi) is 5.88. The number of ether oxygens (including phenoxy) is 1. The van der Waals surface area contributed by atoms with E-state index in [0.29, 0.717) is 11.3 Å². The molecule has 10 heteroatoms. The van der Waals surface area contributed by atoms with Gasteiger partial charge in [0.15, 0.2) is 23.0 Å². The summed E-state index contributed by atoms with van der Waals surface area (Å²) in [6.45, 7) is 2.61. The average molecular weight is 428 g/mol. The van der Waals surface area contributed by atoms with Gasteiger partial charge in [0, 0.05) is 19.7 Å². The quantitative estimate of drug-likeness (QED) is 0.328. The number of thioether (sulfide) groups is 1. The van der Waals surface area contributed by atoms with Gasteiger partial charge in [0.2, 0.25) is 0 Å². The van der Waals surface area contributed by atoms with E-state index in [1.165, 1.54) is 32.5 Å². The summed E-state index contributed by atoms with van der Waals surface area (Å²) in [6.07, 6.45) is 0. The maximum atomic E-state index is 12.8. The van der Waals surface area contributed by atoms with Crippen molar-refractivity contribution in [1.82, 2.24) is 19.1 Å². The first kappa shape index (κ1) is 21.4.